The van der Waals surface area contributed by atoms with Crippen molar-refractivity contribution in [2.45, 2.75) is 45.7 Å². The van der Waals surface area contributed by atoms with Gasteiger partial charge in [-0.1, -0.05) is 13.8 Å². The molecule has 0 spiro atoms. The van der Waals surface area contributed by atoms with Crippen molar-refractivity contribution >= 4 is 5.91 Å². The standard InChI is InChI=1S/C14H25N5O/c1-10(2)8-19-13(17-9-18-19)7-11-4-5-16-12(6-11)14(20)15-3/h9-12,16H,4-8H2,1-3H3,(H,15,20). The lowest BCUT2D eigenvalue weighted by Crippen LogP contribution is -2.48. The lowest BCUT2D eigenvalue weighted by atomic mass is 9.89. The zero-order valence-electron chi connectivity index (χ0n) is 12.6. The molecule has 0 radical (unpaired) electrons. The van der Waals surface area contributed by atoms with Gasteiger partial charge in [0.2, 0.25) is 5.91 Å². The molecule has 0 aromatic carbocycles. The van der Waals surface area contributed by atoms with Gasteiger partial charge in [-0.3, -0.25) is 4.79 Å². The Morgan fingerprint density at radius 3 is 3.10 bits per heavy atom. The van der Waals surface area contributed by atoms with E-state index in [0.717, 1.165) is 38.2 Å². The first-order valence-electron chi connectivity index (χ1n) is 7.41. The van der Waals surface area contributed by atoms with E-state index in [1.165, 1.54) is 0 Å². The minimum absolute atomic E-state index is 0.0692. The molecule has 2 unspecified atom stereocenters. The lowest BCUT2D eigenvalue weighted by Gasteiger charge is -2.29. The molecule has 2 heterocycles. The van der Waals surface area contributed by atoms with Crippen LogP contribution in [0.4, 0.5) is 0 Å². The fourth-order valence-corrected chi connectivity index (χ4v) is 2.76. The van der Waals surface area contributed by atoms with Gasteiger partial charge in [0, 0.05) is 20.0 Å². The lowest BCUT2D eigenvalue weighted by molar-refractivity contribution is -0.123. The third-order valence-corrected chi connectivity index (χ3v) is 3.78. The van der Waals surface area contributed by atoms with Gasteiger partial charge in [0.15, 0.2) is 0 Å². The molecule has 1 aliphatic heterocycles. The molecule has 2 N–H and O–H groups in total. The molecule has 1 amide bonds. The van der Waals surface area contributed by atoms with E-state index >= 15 is 0 Å². The summed E-state index contributed by atoms with van der Waals surface area (Å²) in [5.41, 5.74) is 0. The van der Waals surface area contributed by atoms with Crippen LogP contribution in [0.15, 0.2) is 6.33 Å². The predicted octanol–water partition coefficient (Wildman–Crippen LogP) is 0.591. The summed E-state index contributed by atoms with van der Waals surface area (Å²) in [6.45, 7) is 6.15. The molecule has 1 saturated heterocycles. The number of aromatic nitrogens is 3. The highest BCUT2D eigenvalue weighted by Gasteiger charge is 2.27. The smallest absolute Gasteiger partial charge is 0.236 e. The maximum absolute atomic E-state index is 11.7. The monoisotopic (exact) mass is 279 g/mol. The van der Waals surface area contributed by atoms with Crippen molar-refractivity contribution in [3.8, 4) is 0 Å². The summed E-state index contributed by atoms with van der Waals surface area (Å²) in [6.07, 6.45) is 4.49. The van der Waals surface area contributed by atoms with Crippen LogP contribution >= 0.6 is 0 Å². The van der Waals surface area contributed by atoms with Gasteiger partial charge in [-0.15, -0.1) is 0 Å². The average Bonchev–Trinajstić information content (AvgIpc) is 2.84. The molecule has 0 aliphatic carbocycles. The summed E-state index contributed by atoms with van der Waals surface area (Å²) in [4.78, 5) is 16.1. The minimum atomic E-state index is -0.0692. The summed E-state index contributed by atoms with van der Waals surface area (Å²) in [6, 6.07) is -0.0692. The molecule has 6 nitrogen and oxygen atoms in total. The quantitative estimate of drug-likeness (QED) is 0.827. The van der Waals surface area contributed by atoms with E-state index in [2.05, 4.69) is 34.6 Å². The van der Waals surface area contributed by atoms with Gasteiger partial charge in [0.05, 0.1) is 6.04 Å². The number of rotatable bonds is 5. The van der Waals surface area contributed by atoms with E-state index in [1.54, 1.807) is 13.4 Å². The fraction of sp³-hybridized carbons (Fsp3) is 0.786. The molecular formula is C14H25N5O. The number of piperidine rings is 1. The minimum Gasteiger partial charge on any atom is -0.358 e. The highest BCUT2D eigenvalue weighted by atomic mass is 16.2. The highest BCUT2D eigenvalue weighted by Crippen LogP contribution is 2.20. The molecule has 20 heavy (non-hydrogen) atoms. The van der Waals surface area contributed by atoms with Crippen molar-refractivity contribution in [2.24, 2.45) is 11.8 Å². The molecule has 1 aliphatic rings. The SMILES string of the molecule is CNC(=O)C1CC(Cc2ncnn2CC(C)C)CCN1. The number of hydrogen-bond donors (Lipinski definition) is 2. The van der Waals surface area contributed by atoms with Gasteiger partial charge >= 0.3 is 0 Å². The molecule has 0 saturated carbocycles. The Labute approximate surface area is 120 Å². The largest absolute Gasteiger partial charge is 0.358 e. The average molecular weight is 279 g/mol. The second-order valence-corrected chi connectivity index (χ2v) is 5.97. The first kappa shape index (κ1) is 15.0. The van der Waals surface area contributed by atoms with Crippen molar-refractivity contribution in [2.75, 3.05) is 13.6 Å². The molecular weight excluding hydrogens is 254 g/mol. The summed E-state index contributed by atoms with van der Waals surface area (Å²) < 4.78 is 2.00. The molecule has 2 atom stereocenters. The van der Waals surface area contributed by atoms with Crippen molar-refractivity contribution in [1.29, 1.82) is 0 Å². The maximum atomic E-state index is 11.7. The van der Waals surface area contributed by atoms with Gasteiger partial charge in [0.1, 0.15) is 12.2 Å². The topological polar surface area (TPSA) is 71.8 Å². The van der Waals surface area contributed by atoms with Gasteiger partial charge in [0.25, 0.3) is 0 Å². The molecule has 1 aromatic heterocycles. The van der Waals surface area contributed by atoms with E-state index in [1.807, 2.05) is 4.68 Å². The Bertz CT molecular complexity index is 443. The molecule has 0 bridgehead atoms. The summed E-state index contributed by atoms with van der Waals surface area (Å²) in [7, 11) is 1.69. The van der Waals surface area contributed by atoms with Gasteiger partial charge in [-0.2, -0.15) is 5.10 Å². The van der Waals surface area contributed by atoms with Crippen LogP contribution in [0.25, 0.3) is 0 Å². The van der Waals surface area contributed by atoms with E-state index < -0.39 is 0 Å². The fourth-order valence-electron chi connectivity index (χ4n) is 2.76. The normalized spacial score (nSPS) is 23.0. The zero-order chi connectivity index (χ0) is 14.5. The Hall–Kier alpha value is -1.43. The van der Waals surface area contributed by atoms with Crippen molar-refractivity contribution in [1.82, 2.24) is 25.4 Å². The van der Waals surface area contributed by atoms with Crippen LogP contribution in [0.2, 0.25) is 0 Å². The third-order valence-electron chi connectivity index (χ3n) is 3.78. The van der Waals surface area contributed by atoms with E-state index in [0.29, 0.717) is 11.8 Å². The Balaban J connectivity index is 1.96. The number of likely N-dealkylation sites (N-methyl/N-ethyl adjacent to an activating group) is 1. The summed E-state index contributed by atoms with van der Waals surface area (Å²) in [5.74, 6) is 2.18. The van der Waals surface area contributed by atoms with Crippen molar-refractivity contribution in [3.63, 3.8) is 0 Å². The van der Waals surface area contributed by atoms with Crippen LogP contribution in [0.1, 0.15) is 32.5 Å². The number of carbonyl (C=O) groups excluding carboxylic acids is 1. The molecule has 2 rings (SSSR count). The maximum Gasteiger partial charge on any atom is 0.236 e. The Morgan fingerprint density at radius 2 is 2.40 bits per heavy atom. The third kappa shape index (κ3) is 3.79. The number of nitrogens with zero attached hydrogens (tertiary/aromatic N) is 3. The van der Waals surface area contributed by atoms with Crippen LogP contribution in [0, 0.1) is 11.8 Å². The molecule has 1 fully saturated rings. The zero-order valence-corrected chi connectivity index (χ0v) is 12.6. The molecule has 112 valence electrons. The number of amides is 1. The van der Waals surface area contributed by atoms with E-state index in [-0.39, 0.29) is 11.9 Å². The second kappa shape index (κ2) is 6.83. The second-order valence-electron chi connectivity index (χ2n) is 5.97. The number of carbonyl (C=O) groups is 1. The van der Waals surface area contributed by atoms with Crippen molar-refractivity contribution < 1.29 is 4.79 Å². The molecule has 1 aromatic rings. The van der Waals surface area contributed by atoms with Crippen LogP contribution in [0.5, 0.6) is 0 Å². The molecule has 6 heteroatoms. The van der Waals surface area contributed by atoms with Crippen LogP contribution < -0.4 is 10.6 Å². The van der Waals surface area contributed by atoms with Gasteiger partial charge in [-0.05, 0) is 31.2 Å². The highest BCUT2D eigenvalue weighted by molar-refractivity contribution is 5.81. The summed E-state index contributed by atoms with van der Waals surface area (Å²) in [5, 5.41) is 10.3. The first-order valence-corrected chi connectivity index (χ1v) is 7.41. The summed E-state index contributed by atoms with van der Waals surface area (Å²) >= 11 is 0. The Morgan fingerprint density at radius 1 is 1.60 bits per heavy atom. The van der Waals surface area contributed by atoms with E-state index in [9.17, 15) is 4.79 Å². The van der Waals surface area contributed by atoms with Crippen molar-refractivity contribution in [3.05, 3.63) is 12.2 Å². The van der Waals surface area contributed by atoms with Crippen LogP contribution in [-0.2, 0) is 17.8 Å². The predicted molar refractivity (Wildman–Crippen MR) is 77.1 cm³/mol. The van der Waals surface area contributed by atoms with Crippen LogP contribution in [0.3, 0.4) is 0 Å². The first-order chi connectivity index (χ1) is 9.60. The number of hydrogen-bond acceptors (Lipinski definition) is 4. The van der Waals surface area contributed by atoms with Gasteiger partial charge < -0.3 is 10.6 Å². The number of nitrogens with one attached hydrogen (secondary N) is 2. The Kier molecular flexibility index (Phi) is 5.11. The van der Waals surface area contributed by atoms with E-state index in [4.69, 9.17) is 0 Å². The van der Waals surface area contributed by atoms with Gasteiger partial charge in [-0.25, -0.2) is 9.67 Å². The van der Waals surface area contributed by atoms with Crippen LogP contribution in [-0.4, -0.2) is 40.3 Å².